The van der Waals surface area contributed by atoms with Crippen molar-refractivity contribution >= 4 is 44.8 Å². The first kappa shape index (κ1) is 21.2. The Labute approximate surface area is 164 Å². The van der Waals surface area contributed by atoms with Crippen molar-refractivity contribution in [2.24, 2.45) is 0 Å². The van der Waals surface area contributed by atoms with Crippen LogP contribution < -0.4 is 4.72 Å². The van der Waals surface area contributed by atoms with Crippen LogP contribution in [0, 0.1) is 0 Å². The Balaban J connectivity index is 2.01. The summed E-state index contributed by atoms with van der Waals surface area (Å²) in [5, 5.41) is 10.3. The minimum Gasteiger partial charge on any atom is -0.390 e. The topological polar surface area (TPSA) is 69.6 Å². The number of benzene rings is 1. The lowest BCUT2D eigenvalue weighted by Gasteiger charge is -2.40. The fourth-order valence-corrected chi connectivity index (χ4v) is 5.19. The predicted molar refractivity (Wildman–Crippen MR) is 102 cm³/mol. The van der Waals surface area contributed by atoms with Gasteiger partial charge in [0.25, 0.3) is 0 Å². The second-order valence-corrected chi connectivity index (χ2v) is 9.40. The maximum absolute atomic E-state index is 12.4. The van der Waals surface area contributed by atoms with E-state index in [0.29, 0.717) is 18.6 Å². The highest BCUT2D eigenvalue weighted by atomic mass is 35.5. The van der Waals surface area contributed by atoms with Crippen LogP contribution in [0.1, 0.15) is 33.1 Å². The normalized spacial score (nSPS) is 23.6. The summed E-state index contributed by atoms with van der Waals surface area (Å²) in [7, 11) is -3.90. The number of piperidine rings is 1. The van der Waals surface area contributed by atoms with Crippen LogP contribution in [0.4, 0.5) is 0 Å². The van der Waals surface area contributed by atoms with Gasteiger partial charge in [0, 0.05) is 25.2 Å². The molecule has 0 saturated carbocycles. The van der Waals surface area contributed by atoms with Gasteiger partial charge in [-0.25, -0.2) is 13.1 Å². The van der Waals surface area contributed by atoms with Crippen LogP contribution in [0.5, 0.6) is 0 Å². The zero-order chi connectivity index (χ0) is 18.8. The molecule has 0 bridgehead atoms. The molecule has 1 aromatic carbocycles. The van der Waals surface area contributed by atoms with Crippen LogP contribution in [0.25, 0.3) is 0 Å². The fraction of sp³-hybridized carbons (Fsp3) is 0.625. The Bertz CT molecular complexity index is 705. The molecule has 2 N–H and O–H groups in total. The van der Waals surface area contributed by atoms with Crippen molar-refractivity contribution in [3.05, 3.63) is 27.2 Å². The molecule has 3 atom stereocenters. The molecule has 1 heterocycles. The molecule has 1 fully saturated rings. The van der Waals surface area contributed by atoms with Gasteiger partial charge in [0.05, 0.1) is 21.2 Å². The second-order valence-electron chi connectivity index (χ2n) is 6.50. The Morgan fingerprint density at radius 2 is 1.80 bits per heavy atom. The molecule has 1 saturated heterocycles. The highest BCUT2D eigenvalue weighted by Crippen LogP contribution is 2.34. The monoisotopic (exact) mass is 428 g/mol. The Morgan fingerprint density at radius 3 is 2.40 bits per heavy atom. The van der Waals surface area contributed by atoms with E-state index in [-0.39, 0.29) is 26.5 Å². The summed E-state index contributed by atoms with van der Waals surface area (Å²) in [6.07, 6.45) is 2.53. The van der Waals surface area contributed by atoms with Crippen molar-refractivity contribution in [1.29, 1.82) is 0 Å². The Morgan fingerprint density at radius 1 is 1.20 bits per heavy atom. The Hall–Kier alpha value is -0.0800. The standard InChI is InChI=1S/C16H23Cl3N2O3S/c1-10-4-3-5-11(2)21(10)9-12(22)8-20-25(23,24)14-7-6-13(17)15(18)16(14)19/h6-7,10-12,20,22H,3-5,8-9H2,1-2H3/t10-,11+,12-/m1/s1. The minimum absolute atomic E-state index is 0.0114. The van der Waals surface area contributed by atoms with E-state index in [2.05, 4.69) is 23.5 Å². The first-order chi connectivity index (χ1) is 11.6. The lowest BCUT2D eigenvalue weighted by Crippen LogP contribution is -2.49. The SMILES string of the molecule is C[C@@H]1CCC[C@H](C)N1C[C@H](O)CNS(=O)(=O)c1ccc(Cl)c(Cl)c1Cl. The number of nitrogens with zero attached hydrogens (tertiary/aromatic N) is 1. The fourth-order valence-electron chi connectivity index (χ4n) is 3.14. The molecule has 9 heteroatoms. The summed E-state index contributed by atoms with van der Waals surface area (Å²) in [5.74, 6) is 0. The van der Waals surface area contributed by atoms with Crippen LogP contribution in [0.15, 0.2) is 17.0 Å². The average molecular weight is 430 g/mol. The molecule has 25 heavy (non-hydrogen) atoms. The number of rotatable bonds is 6. The number of hydrogen-bond donors (Lipinski definition) is 2. The van der Waals surface area contributed by atoms with Crippen LogP contribution in [0.2, 0.25) is 15.1 Å². The summed E-state index contributed by atoms with van der Waals surface area (Å²) in [4.78, 5) is 2.06. The molecule has 2 rings (SSSR count). The number of halogens is 3. The van der Waals surface area contributed by atoms with Gasteiger partial charge in [-0.3, -0.25) is 4.90 Å². The third-order valence-electron chi connectivity index (χ3n) is 4.60. The van der Waals surface area contributed by atoms with Gasteiger partial charge in [0.2, 0.25) is 10.0 Å². The van der Waals surface area contributed by atoms with Crippen molar-refractivity contribution < 1.29 is 13.5 Å². The maximum atomic E-state index is 12.4. The molecule has 0 spiro atoms. The molecule has 0 radical (unpaired) electrons. The van der Waals surface area contributed by atoms with E-state index >= 15 is 0 Å². The summed E-state index contributed by atoms with van der Waals surface area (Å²) >= 11 is 17.7. The molecule has 0 amide bonds. The minimum atomic E-state index is -3.90. The number of hydrogen-bond acceptors (Lipinski definition) is 4. The molecular formula is C16H23Cl3N2O3S. The summed E-state index contributed by atoms with van der Waals surface area (Å²) in [6.45, 7) is 4.57. The Kier molecular flexibility index (Phi) is 7.42. The molecule has 1 aromatic rings. The zero-order valence-corrected chi connectivity index (χ0v) is 17.3. The zero-order valence-electron chi connectivity index (χ0n) is 14.2. The smallest absolute Gasteiger partial charge is 0.242 e. The molecule has 0 aliphatic carbocycles. The van der Waals surface area contributed by atoms with E-state index in [1.54, 1.807) is 0 Å². The maximum Gasteiger partial charge on any atom is 0.242 e. The van der Waals surface area contributed by atoms with Gasteiger partial charge in [0.15, 0.2) is 0 Å². The van der Waals surface area contributed by atoms with Crippen molar-refractivity contribution in [3.8, 4) is 0 Å². The molecule has 1 aliphatic rings. The van der Waals surface area contributed by atoms with Crippen LogP contribution in [0.3, 0.4) is 0 Å². The van der Waals surface area contributed by atoms with Crippen molar-refractivity contribution in [3.63, 3.8) is 0 Å². The van der Waals surface area contributed by atoms with Crippen molar-refractivity contribution in [1.82, 2.24) is 9.62 Å². The van der Waals surface area contributed by atoms with Crippen molar-refractivity contribution in [2.75, 3.05) is 13.1 Å². The summed E-state index contributed by atoms with van der Waals surface area (Å²) < 4.78 is 27.2. The van der Waals surface area contributed by atoms with Crippen LogP contribution in [-0.4, -0.2) is 49.7 Å². The van der Waals surface area contributed by atoms with Gasteiger partial charge < -0.3 is 5.11 Å². The first-order valence-corrected chi connectivity index (χ1v) is 10.8. The quantitative estimate of drug-likeness (QED) is 0.679. The van der Waals surface area contributed by atoms with Gasteiger partial charge >= 0.3 is 0 Å². The second kappa shape index (κ2) is 8.74. The third kappa shape index (κ3) is 5.22. The number of nitrogens with one attached hydrogen (secondary N) is 1. The highest BCUT2D eigenvalue weighted by Gasteiger charge is 2.27. The van der Waals surface area contributed by atoms with E-state index < -0.39 is 16.1 Å². The summed E-state index contributed by atoms with van der Waals surface area (Å²) in [6, 6.07) is 3.41. The largest absolute Gasteiger partial charge is 0.390 e. The lowest BCUT2D eigenvalue weighted by molar-refractivity contribution is 0.0438. The predicted octanol–water partition coefficient (Wildman–Crippen LogP) is 3.55. The number of aliphatic hydroxyl groups excluding tert-OH is 1. The van der Waals surface area contributed by atoms with E-state index in [9.17, 15) is 13.5 Å². The van der Waals surface area contributed by atoms with Crippen LogP contribution in [-0.2, 0) is 10.0 Å². The lowest BCUT2D eigenvalue weighted by atomic mass is 9.97. The highest BCUT2D eigenvalue weighted by molar-refractivity contribution is 7.89. The number of likely N-dealkylation sites (tertiary alicyclic amines) is 1. The van der Waals surface area contributed by atoms with Gasteiger partial charge in [-0.1, -0.05) is 41.2 Å². The van der Waals surface area contributed by atoms with Gasteiger partial charge in [-0.15, -0.1) is 0 Å². The molecule has 142 valence electrons. The molecular weight excluding hydrogens is 407 g/mol. The van der Waals surface area contributed by atoms with Gasteiger partial charge in [-0.05, 0) is 38.8 Å². The number of aliphatic hydroxyl groups is 1. The number of sulfonamides is 1. The number of β-amino-alcohol motifs (C(OH)–C–C–N with tert-alkyl or cyclic N) is 1. The van der Waals surface area contributed by atoms with Gasteiger partial charge in [-0.2, -0.15) is 0 Å². The molecule has 5 nitrogen and oxygen atoms in total. The van der Waals surface area contributed by atoms with E-state index in [1.807, 2.05) is 0 Å². The average Bonchev–Trinajstić information content (AvgIpc) is 2.54. The van der Waals surface area contributed by atoms with Gasteiger partial charge in [0.1, 0.15) is 4.90 Å². The van der Waals surface area contributed by atoms with E-state index in [1.165, 1.54) is 18.6 Å². The molecule has 1 aliphatic heterocycles. The summed E-state index contributed by atoms with van der Waals surface area (Å²) in [5.41, 5.74) is 0. The molecule has 0 unspecified atom stereocenters. The third-order valence-corrected chi connectivity index (χ3v) is 7.47. The van der Waals surface area contributed by atoms with E-state index in [0.717, 1.165) is 12.8 Å². The van der Waals surface area contributed by atoms with Crippen LogP contribution >= 0.6 is 34.8 Å². The molecule has 0 aromatic heterocycles. The first-order valence-electron chi connectivity index (χ1n) is 8.20. The van der Waals surface area contributed by atoms with E-state index in [4.69, 9.17) is 34.8 Å². The van der Waals surface area contributed by atoms with Crippen molar-refractivity contribution in [2.45, 2.75) is 56.2 Å².